The average Bonchev–Trinajstić information content (AvgIpc) is 2.48. The second kappa shape index (κ2) is 7.86. The van der Waals surface area contributed by atoms with Crippen LogP contribution < -0.4 is 4.74 Å². The van der Waals surface area contributed by atoms with E-state index in [-0.39, 0.29) is 4.90 Å². The van der Waals surface area contributed by atoms with Gasteiger partial charge in [-0.3, -0.25) is 0 Å². The molecule has 2 rings (SSSR count). The Labute approximate surface area is 144 Å². The van der Waals surface area contributed by atoms with E-state index in [0.717, 1.165) is 19.3 Å². The van der Waals surface area contributed by atoms with Crippen LogP contribution in [0.5, 0.6) is 5.75 Å². The van der Waals surface area contributed by atoms with Gasteiger partial charge in [0.25, 0.3) is 0 Å². The average molecular weight is 360 g/mol. The number of sulfonamides is 1. The van der Waals surface area contributed by atoms with Crippen LogP contribution in [0.1, 0.15) is 40.0 Å². The molecular formula is C17H26ClNO3S. The standard InChI is InChI=1S/C17H26ClNO3S/c1-4-5-8-22-17-10-15(6-7-16(17)18)23(20,21)19-11-13(2)9-14(3)12-19/h6-7,10,13-14H,4-5,8-9,11-12H2,1-3H3/t13-,14+. The Morgan fingerprint density at radius 1 is 1.26 bits per heavy atom. The molecular weight excluding hydrogens is 334 g/mol. The summed E-state index contributed by atoms with van der Waals surface area (Å²) in [6, 6.07) is 4.72. The summed E-state index contributed by atoms with van der Waals surface area (Å²) in [5.74, 6) is 1.20. The lowest BCUT2D eigenvalue weighted by atomic mass is 9.94. The van der Waals surface area contributed by atoms with Crippen molar-refractivity contribution in [3.05, 3.63) is 23.2 Å². The van der Waals surface area contributed by atoms with Gasteiger partial charge in [-0.1, -0.05) is 38.8 Å². The molecule has 0 bridgehead atoms. The lowest BCUT2D eigenvalue weighted by Gasteiger charge is -2.34. The Hall–Kier alpha value is -0.780. The van der Waals surface area contributed by atoms with Gasteiger partial charge in [-0.25, -0.2) is 8.42 Å². The second-order valence-electron chi connectivity index (χ2n) is 6.56. The van der Waals surface area contributed by atoms with E-state index < -0.39 is 10.0 Å². The van der Waals surface area contributed by atoms with Crippen molar-refractivity contribution in [3.63, 3.8) is 0 Å². The molecule has 0 unspecified atom stereocenters. The predicted octanol–water partition coefficient (Wildman–Crippen LogP) is 4.19. The Kier molecular flexibility index (Phi) is 6.34. The molecule has 23 heavy (non-hydrogen) atoms. The van der Waals surface area contributed by atoms with Gasteiger partial charge in [-0.05, 0) is 36.8 Å². The van der Waals surface area contributed by atoms with Gasteiger partial charge in [0.2, 0.25) is 10.0 Å². The number of benzene rings is 1. The number of halogens is 1. The third-order valence-corrected chi connectivity index (χ3v) is 6.27. The smallest absolute Gasteiger partial charge is 0.243 e. The van der Waals surface area contributed by atoms with E-state index in [0.29, 0.717) is 42.3 Å². The number of rotatable bonds is 6. The monoisotopic (exact) mass is 359 g/mol. The zero-order valence-corrected chi connectivity index (χ0v) is 15.7. The number of hydrogen-bond acceptors (Lipinski definition) is 3. The van der Waals surface area contributed by atoms with Crippen LogP contribution in [0.2, 0.25) is 5.02 Å². The molecule has 2 atom stereocenters. The van der Waals surface area contributed by atoms with Crippen molar-refractivity contribution >= 4 is 21.6 Å². The second-order valence-corrected chi connectivity index (χ2v) is 8.91. The fourth-order valence-corrected chi connectivity index (χ4v) is 4.90. The minimum Gasteiger partial charge on any atom is -0.492 e. The molecule has 0 N–H and O–H groups in total. The maximum absolute atomic E-state index is 12.9. The number of unbranched alkanes of at least 4 members (excludes halogenated alkanes) is 1. The zero-order chi connectivity index (χ0) is 17.0. The molecule has 0 amide bonds. The number of piperidine rings is 1. The third kappa shape index (κ3) is 4.61. The van der Waals surface area contributed by atoms with Gasteiger partial charge in [0.1, 0.15) is 5.75 Å². The first kappa shape index (κ1) is 18.6. The van der Waals surface area contributed by atoms with Crippen LogP contribution in [-0.4, -0.2) is 32.4 Å². The Bertz CT molecular complexity index is 623. The number of ether oxygens (including phenoxy) is 1. The summed E-state index contributed by atoms with van der Waals surface area (Å²) < 4.78 is 33.0. The summed E-state index contributed by atoms with van der Waals surface area (Å²) in [5, 5.41) is 0.445. The van der Waals surface area contributed by atoms with Crippen molar-refractivity contribution in [3.8, 4) is 5.75 Å². The van der Waals surface area contributed by atoms with E-state index >= 15 is 0 Å². The molecule has 0 saturated carbocycles. The fourth-order valence-electron chi connectivity index (χ4n) is 3.03. The van der Waals surface area contributed by atoms with Gasteiger partial charge in [0, 0.05) is 19.2 Å². The molecule has 0 spiro atoms. The molecule has 1 fully saturated rings. The molecule has 130 valence electrons. The van der Waals surface area contributed by atoms with Gasteiger partial charge in [0.15, 0.2) is 0 Å². The minimum atomic E-state index is -3.50. The van der Waals surface area contributed by atoms with Gasteiger partial charge < -0.3 is 4.74 Å². The fraction of sp³-hybridized carbons (Fsp3) is 0.647. The highest BCUT2D eigenvalue weighted by Gasteiger charge is 2.32. The lowest BCUT2D eigenvalue weighted by molar-refractivity contribution is 0.222. The summed E-state index contributed by atoms with van der Waals surface area (Å²) in [6.07, 6.45) is 2.99. The number of nitrogens with zero attached hydrogens (tertiary/aromatic N) is 1. The van der Waals surface area contributed by atoms with Gasteiger partial charge in [0.05, 0.1) is 16.5 Å². The first-order chi connectivity index (χ1) is 10.8. The Balaban J connectivity index is 2.23. The van der Waals surface area contributed by atoms with E-state index in [1.807, 2.05) is 0 Å². The summed E-state index contributed by atoms with van der Waals surface area (Å²) in [7, 11) is -3.50. The van der Waals surface area contributed by atoms with Gasteiger partial charge >= 0.3 is 0 Å². The highest BCUT2D eigenvalue weighted by Crippen LogP contribution is 2.31. The van der Waals surface area contributed by atoms with Crippen molar-refractivity contribution in [2.45, 2.75) is 44.9 Å². The lowest BCUT2D eigenvalue weighted by Crippen LogP contribution is -2.42. The van der Waals surface area contributed by atoms with Gasteiger partial charge in [-0.2, -0.15) is 4.31 Å². The molecule has 1 aromatic carbocycles. The normalized spacial score (nSPS) is 23.0. The topological polar surface area (TPSA) is 46.6 Å². The van der Waals surface area contributed by atoms with E-state index in [2.05, 4.69) is 20.8 Å². The third-order valence-electron chi connectivity index (χ3n) is 4.13. The van der Waals surface area contributed by atoms with Crippen LogP contribution in [0.15, 0.2) is 23.1 Å². The molecule has 4 nitrogen and oxygen atoms in total. The van der Waals surface area contributed by atoms with Crippen molar-refractivity contribution in [1.82, 2.24) is 4.31 Å². The van der Waals surface area contributed by atoms with Crippen LogP contribution in [0, 0.1) is 11.8 Å². The van der Waals surface area contributed by atoms with Crippen LogP contribution in [0.4, 0.5) is 0 Å². The van der Waals surface area contributed by atoms with Crippen molar-refractivity contribution in [2.24, 2.45) is 11.8 Å². The summed E-state index contributed by atoms with van der Waals surface area (Å²) in [4.78, 5) is 0.259. The maximum atomic E-state index is 12.9. The number of hydrogen-bond donors (Lipinski definition) is 0. The molecule has 0 aromatic heterocycles. The van der Waals surface area contributed by atoms with Crippen LogP contribution in [-0.2, 0) is 10.0 Å². The van der Waals surface area contributed by atoms with Crippen LogP contribution >= 0.6 is 11.6 Å². The maximum Gasteiger partial charge on any atom is 0.243 e. The molecule has 1 aliphatic rings. The Morgan fingerprint density at radius 2 is 1.91 bits per heavy atom. The molecule has 1 aromatic rings. The SMILES string of the molecule is CCCCOc1cc(S(=O)(=O)N2C[C@H](C)C[C@H](C)C2)ccc1Cl. The summed E-state index contributed by atoms with van der Waals surface area (Å²) >= 11 is 6.12. The molecule has 1 heterocycles. The molecule has 1 saturated heterocycles. The first-order valence-electron chi connectivity index (χ1n) is 8.27. The quantitative estimate of drug-likeness (QED) is 0.715. The zero-order valence-electron chi connectivity index (χ0n) is 14.1. The van der Waals surface area contributed by atoms with Gasteiger partial charge in [-0.15, -0.1) is 0 Å². The predicted molar refractivity (Wildman–Crippen MR) is 93.6 cm³/mol. The molecule has 0 radical (unpaired) electrons. The molecule has 0 aliphatic carbocycles. The van der Waals surface area contributed by atoms with Crippen molar-refractivity contribution < 1.29 is 13.2 Å². The summed E-state index contributed by atoms with van der Waals surface area (Å²) in [6.45, 7) is 7.95. The van der Waals surface area contributed by atoms with E-state index in [9.17, 15) is 8.42 Å². The van der Waals surface area contributed by atoms with Crippen LogP contribution in [0.25, 0.3) is 0 Å². The largest absolute Gasteiger partial charge is 0.492 e. The van der Waals surface area contributed by atoms with E-state index in [4.69, 9.17) is 16.3 Å². The Morgan fingerprint density at radius 3 is 2.52 bits per heavy atom. The van der Waals surface area contributed by atoms with Crippen molar-refractivity contribution in [1.29, 1.82) is 0 Å². The highest BCUT2D eigenvalue weighted by atomic mass is 35.5. The molecule has 6 heteroatoms. The minimum absolute atomic E-state index is 0.259. The highest BCUT2D eigenvalue weighted by molar-refractivity contribution is 7.89. The van der Waals surface area contributed by atoms with E-state index in [1.54, 1.807) is 22.5 Å². The van der Waals surface area contributed by atoms with E-state index in [1.165, 1.54) is 0 Å². The molecule has 1 aliphatic heterocycles. The van der Waals surface area contributed by atoms with Crippen molar-refractivity contribution in [2.75, 3.05) is 19.7 Å². The summed E-state index contributed by atoms with van der Waals surface area (Å²) in [5.41, 5.74) is 0. The van der Waals surface area contributed by atoms with Crippen LogP contribution in [0.3, 0.4) is 0 Å². The first-order valence-corrected chi connectivity index (χ1v) is 10.1.